The SMILES string of the molecule is CC(N)CCC(=O)N[C@H](C)c1ccc(Br)cc1. The number of amides is 1. The number of hydrogen-bond acceptors (Lipinski definition) is 2. The Morgan fingerprint density at radius 2 is 1.94 bits per heavy atom. The molecule has 0 aliphatic heterocycles. The Bertz CT molecular complexity index is 362. The highest BCUT2D eigenvalue weighted by atomic mass is 79.9. The van der Waals surface area contributed by atoms with Gasteiger partial charge in [-0.25, -0.2) is 0 Å². The van der Waals surface area contributed by atoms with E-state index in [1.165, 1.54) is 0 Å². The Labute approximate surface area is 111 Å². The molecule has 1 unspecified atom stereocenters. The Hall–Kier alpha value is -0.870. The van der Waals surface area contributed by atoms with Gasteiger partial charge >= 0.3 is 0 Å². The minimum absolute atomic E-state index is 0.0312. The molecule has 1 amide bonds. The molecule has 0 radical (unpaired) electrons. The molecule has 0 saturated heterocycles. The number of halogens is 1. The molecule has 0 aliphatic carbocycles. The second kappa shape index (κ2) is 6.77. The quantitative estimate of drug-likeness (QED) is 0.878. The molecular weight excluding hydrogens is 280 g/mol. The van der Waals surface area contributed by atoms with Crippen LogP contribution < -0.4 is 11.1 Å². The van der Waals surface area contributed by atoms with Gasteiger partial charge in [0.1, 0.15) is 0 Å². The molecule has 3 N–H and O–H groups in total. The van der Waals surface area contributed by atoms with Crippen molar-refractivity contribution in [1.29, 1.82) is 0 Å². The van der Waals surface area contributed by atoms with Crippen molar-refractivity contribution in [3.05, 3.63) is 34.3 Å². The van der Waals surface area contributed by atoms with Gasteiger partial charge in [0.05, 0.1) is 6.04 Å². The summed E-state index contributed by atoms with van der Waals surface area (Å²) in [5.41, 5.74) is 6.71. The van der Waals surface area contributed by atoms with E-state index in [4.69, 9.17) is 5.73 Å². The van der Waals surface area contributed by atoms with Crippen molar-refractivity contribution in [2.75, 3.05) is 0 Å². The van der Waals surface area contributed by atoms with E-state index < -0.39 is 0 Å². The average Bonchev–Trinajstić information content (AvgIpc) is 2.27. The minimum atomic E-state index is 0.0312. The third kappa shape index (κ3) is 5.33. The van der Waals surface area contributed by atoms with E-state index in [0.29, 0.717) is 6.42 Å². The lowest BCUT2D eigenvalue weighted by Gasteiger charge is -2.15. The molecule has 0 spiro atoms. The fourth-order valence-corrected chi connectivity index (χ4v) is 1.77. The first-order valence-electron chi connectivity index (χ1n) is 5.79. The first-order chi connectivity index (χ1) is 7.99. The number of carbonyl (C=O) groups is 1. The second-order valence-corrected chi connectivity index (χ2v) is 5.27. The van der Waals surface area contributed by atoms with E-state index in [0.717, 1.165) is 16.5 Å². The van der Waals surface area contributed by atoms with Crippen LogP contribution in [-0.4, -0.2) is 11.9 Å². The number of nitrogens with two attached hydrogens (primary N) is 1. The maximum atomic E-state index is 11.6. The van der Waals surface area contributed by atoms with Crippen molar-refractivity contribution in [2.45, 2.75) is 38.8 Å². The molecule has 0 bridgehead atoms. The molecule has 1 aromatic carbocycles. The summed E-state index contributed by atoms with van der Waals surface area (Å²) in [6.07, 6.45) is 1.21. The molecule has 0 aromatic heterocycles. The van der Waals surface area contributed by atoms with Crippen LogP contribution in [0.25, 0.3) is 0 Å². The number of hydrogen-bond donors (Lipinski definition) is 2. The lowest BCUT2D eigenvalue weighted by atomic mass is 10.1. The largest absolute Gasteiger partial charge is 0.350 e. The van der Waals surface area contributed by atoms with Crippen LogP contribution >= 0.6 is 15.9 Å². The summed E-state index contributed by atoms with van der Waals surface area (Å²) in [5.74, 6) is 0.0534. The van der Waals surface area contributed by atoms with Gasteiger partial charge in [0, 0.05) is 16.9 Å². The van der Waals surface area contributed by atoms with Gasteiger partial charge in [0.15, 0.2) is 0 Å². The molecule has 2 atom stereocenters. The molecule has 3 nitrogen and oxygen atoms in total. The Balaban J connectivity index is 2.46. The Morgan fingerprint density at radius 3 is 2.47 bits per heavy atom. The Morgan fingerprint density at radius 1 is 1.35 bits per heavy atom. The molecule has 0 saturated carbocycles. The fraction of sp³-hybridized carbons (Fsp3) is 0.462. The van der Waals surface area contributed by atoms with Crippen molar-refractivity contribution in [3.63, 3.8) is 0 Å². The topological polar surface area (TPSA) is 55.1 Å². The molecule has 1 aromatic rings. The molecule has 0 heterocycles. The smallest absolute Gasteiger partial charge is 0.220 e. The first-order valence-corrected chi connectivity index (χ1v) is 6.58. The van der Waals surface area contributed by atoms with Gasteiger partial charge in [-0.3, -0.25) is 4.79 Å². The van der Waals surface area contributed by atoms with Crippen LogP contribution in [0.2, 0.25) is 0 Å². The third-order valence-electron chi connectivity index (χ3n) is 2.57. The van der Waals surface area contributed by atoms with Gasteiger partial charge < -0.3 is 11.1 Å². The van der Waals surface area contributed by atoms with Crippen LogP contribution in [0.4, 0.5) is 0 Å². The van der Waals surface area contributed by atoms with Crippen LogP contribution in [0.15, 0.2) is 28.7 Å². The summed E-state index contributed by atoms with van der Waals surface area (Å²) in [6, 6.07) is 8.05. The van der Waals surface area contributed by atoms with Crippen molar-refractivity contribution in [3.8, 4) is 0 Å². The van der Waals surface area contributed by atoms with Crippen molar-refractivity contribution < 1.29 is 4.79 Å². The molecular formula is C13H19BrN2O. The lowest BCUT2D eigenvalue weighted by Crippen LogP contribution is -2.28. The zero-order valence-electron chi connectivity index (χ0n) is 10.2. The van der Waals surface area contributed by atoms with E-state index in [2.05, 4.69) is 21.2 Å². The van der Waals surface area contributed by atoms with Crippen LogP contribution in [0, 0.1) is 0 Å². The van der Waals surface area contributed by atoms with Crippen LogP contribution in [-0.2, 0) is 4.79 Å². The summed E-state index contributed by atoms with van der Waals surface area (Å²) in [4.78, 5) is 11.6. The lowest BCUT2D eigenvalue weighted by molar-refractivity contribution is -0.121. The fourth-order valence-electron chi connectivity index (χ4n) is 1.51. The predicted molar refractivity (Wildman–Crippen MR) is 73.6 cm³/mol. The zero-order valence-corrected chi connectivity index (χ0v) is 11.8. The summed E-state index contributed by atoms with van der Waals surface area (Å²) >= 11 is 3.38. The van der Waals surface area contributed by atoms with Gasteiger partial charge in [-0.1, -0.05) is 28.1 Å². The van der Waals surface area contributed by atoms with Gasteiger partial charge in [-0.05, 0) is 38.0 Å². The zero-order chi connectivity index (χ0) is 12.8. The average molecular weight is 299 g/mol. The van der Waals surface area contributed by atoms with E-state index >= 15 is 0 Å². The maximum absolute atomic E-state index is 11.6. The van der Waals surface area contributed by atoms with Crippen molar-refractivity contribution in [1.82, 2.24) is 5.32 Å². The maximum Gasteiger partial charge on any atom is 0.220 e. The molecule has 17 heavy (non-hydrogen) atoms. The molecule has 0 fully saturated rings. The molecule has 1 rings (SSSR count). The number of benzene rings is 1. The minimum Gasteiger partial charge on any atom is -0.350 e. The molecule has 0 aliphatic rings. The molecule has 94 valence electrons. The van der Waals surface area contributed by atoms with Gasteiger partial charge in [-0.15, -0.1) is 0 Å². The predicted octanol–water partition coefficient (Wildman–Crippen LogP) is 2.75. The van der Waals surface area contributed by atoms with Crippen molar-refractivity contribution in [2.24, 2.45) is 5.73 Å². The molecule has 4 heteroatoms. The van der Waals surface area contributed by atoms with E-state index in [1.807, 2.05) is 38.1 Å². The first kappa shape index (κ1) is 14.2. The summed E-state index contributed by atoms with van der Waals surface area (Å²) in [6.45, 7) is 3.89. The van der Waals surface area contributed by atoms with Gasteiger partial charge in [0.2, 0.25) is 5.91 Å². The second-order valence-electron chi connectivity index (χ2n) is 4.36. The highest BCUT2D eigenvalue weighted by Gasteiger charge is 2.09. The highest BCUT2D eigenvalue weighted by molar-refractivity contribution is 9.10. The number of nitrogens with one attached hydrogen (secondary N) is 1. The van der Waals surface area contributed by atoms with Crippen molar-refractivity contribution >= 4 is 21.8 Å². The monoisotopic (exact) mass is 298 g/mol. The number of carbonyl (C=O) groups excluding carboxylic acids is 1. The van der Waals surface area contributed by atoms with Crippen LogP contribution in [0.5, 0.6) is 0 Å². The number of rotatable bonds is 5. The van der Waals surface area contributed by atoms with E-state index in [-0.39, 0.29) is 18.0 Å². The van der Waals surface area contributed by atoms with E-state index in [9.17, 15) is 4.79 Å². The van der Waals surface area contributed by atoms with Crippen LogP contribution in [0.3, 0.4) is 0 Å². The van der Waals surface area contributed by atoms with E-state index in [1.54, 1.807) is 0 Å². The standard InChI is InChI=1S/C13H19BrN2O/c1-9(15)3-8-13(17)16-10(2)11-4-6-12(14)7-5-11/h4-7,9-10H,3,8,15H2,1-2H3,(H,16,17)/t9?,10-/m1/s1. The summed E-state index contributed by atoms with van der Waals surface area (Å²) in [7, 11) is 0. The van der Waals surface area contributed by atoms with Gasteiger partial charge in [-0.2, -0.15) is 0 Å². The summed E-state index contributed by atoms with van der Waals surface area (Å²) in [5, 5.41) is 2.96. The van der Waals surface area contributed by atoms with Gasteiger partial charge in [0.25, 0.3) is 0 Å². The van der Waals surface area contributed by atoms with Crippen LogP contribution in [0.1, 0.15) is 38.3 Å². The third-order valence-corrected chi connectivity index (χ3v) is 3.10. The Kier molecular flexibility index (Phi) is 5.65. The summed E-state index contributed by atoms with van der Waals surface area (Å²) < 4.78 is 1.04. The highest BCUT2D eigenvalue weighted by Crippen LogP contribution is 2.16. The normalized spacial score (nSPS) is 14.1.